The number of amides is 8. The van der Waals surface area contributed by atoms with Crippen molar-refractivity contribution in [2.75, 3.05) is 26.0 Å². The lowest BCUT2D eigenvalue weighted by Crippen LogP contribution is -2.62. The zero-order chi connectivity index (χ0) is 59.9. The van der Waals surface area contributed by atoms with E-state index in [2.05, 4.69) is 54.7 Å². The Hall–Kier alpha value is -7.44. The van der Waals surface area contributed by atoms with Gasteiger partial charge in [-0.1, -0.05) is 108 Å². The Morgan fingerprint density at radius 2 is 1.11 bits per heavy atom. The zero-order valence-electron chi connectivity index (χ0n) is 50.0. The SMILES string of the molecule is CN[C@@H](C)C(=O)N[C@H](C(=O)N1Cc2cc(NC(=O)c3ccc(CCC(=O)N[C@H]4C[C@@H](C(=O)N[C@@H]5CCCc6ccccc65)N(C(=O)[C@@H](NC(=O)[C@H](C)NC)C(C)(C)C)C4)cc3)ccc2C[C@H]1C(=O)N[C@@H]1CCCc2ccccc21)C(C)(C)C. The molecule has 8 N–H and O–H groups in total. The fourth-order valence-corrected chi connectivity index (χ4v) is 11.9. The number of benzene rings is 4. The largest absolute Gasteiger partial charge is 0.351 e. The Kier molecular flexibility index (Phi) is 19.6. The third-order valence-corrected chi connectivity index (χ3v) is 17.1. The van der Waals surface area contributed by atoms with Crippen molar-refractivity contribution >= 4 is 52.9 Å². The second-order valence-corrected chi connectivity index (χ2v) is 25.3. The highest BCUT2D eigenvalue weighted by atomic mass is 16.2. The first-order chi connectivity index (χ1) is 39.4. The maximum Gasteiger partial charge on any atom is 0.255 e. The van der Waals surface area contributed by atoms with Crippen LogP contribution in [0.5, 0.6) is 0 Å². The molecular formula is C65H86N10O8. The molecule has 0 aromatic heterocycles. The van der Waals surface area contributed by atoms with Gasteiger partial charge in [-0.25, -0.2) is 0 Å². The second kappa shape index (κ2) is 26.4. The van der Waals surface area contributed by atoms with E-state index in [9.17, 15) is 38.4 Å². The summed E-state index contributed by atoms with van der Waals surface area (Å²) in [6, 6.07) is 23.0. The number of hydrogen-bond donors (Lipinski definition) is 8. The van der Waals surface area contributed by atoms with E-state index in [0.29, 0.717) is 17.7 Å². The third-order valence-electron chi connectivity index (χ3n) is 17.1. The fraction of sp³-hybridized carbons (Fsp3) is 0.508. The summed E-state index contributed by atoms with van der Waals surface area (Å²) >= 11 is 0. The van der Waals surface area contributed by atoms with Gasteiger partial charge in [-0.15, -0.1) is 0 Å². The van der Waals surface area contributed by atoms with Crippen molar-refractivity contribution in [1.29, 1.82) is 0 Å². The molecule has 0 saturated carbocycles. The monoisotopic (exact) mass is 1130 g/mol. The number of likely N-dealkylation sites (N-methyl/N-ethyl adjacent to an activating group) is 2. The van der Waals surface area contributed by atoms with Crippen molar-refractivity contribution in [2.45, 2.75) is 181 Å². The van der Waals surface area contributed by atoms with Gasteiger partial charge in [0.2, 0.25) is 41.4 Å². The minimum atomic E-state index is -0.950. The molecule has 1 fully saturated rings. The molecule has 4 aliphatic rings. The van der Waals surface area contributed by atoms with Gasteiger partial charge in [0.05, 0.1) is 24.2 Å². The Morgan fingerprint density at radius 1 is 0.590 bits per heavy atom. The molecule has 2 aliphatic heterocycles. The number of anilines is 1. The van der Waals surface area contributed by atoms with Crippen molar-refractivity contribution in [3.8, 4) is 0 Å². The van der Waals surface area contributed by atoms with Crippen LogP contribution in [0.25, 0.3) is 0 Å². The molecular weight excluding hydrogens is 1050 g/mol. The normalized spacial score (nSPS) is 20.9. The van der Waals surface area contributed by atoms with E-state index < -0.39 is 59.0 Å². The number of fused-ring (bicyclic) bond motifs is 3. The average molecular weight is 1140 g/mol. The minimum absolute atomic E-state index is 0.0698. The van der Waals surface area contributed by atoms with Gasteiger partial charge in [0.15, 0.2) is 0 Å². The molecule has 0 unspecified atom stereocenters. The predicted octanol–water partition coefficient (Wildman–Crippen LogP) is 5.88. The van der Waals surface area contributed by atoms with E-state index in [0.717, 1.165) is 66.3 Å². The van der Waals surface area contributed by atoms with Crippen molar-refractivity contribution in [3.63, 3.8) is 0 Å². The lowest BCUT2D eigenvalue weighted by atomic mass is 9.83. The van der Waals surface area contributed by atoms with Gasteiger partial charge in [0.1, 0.15) is 24.2 Å². The van der Waals surface area contributed by atoms with Crippen LogP contribution in [0, 0.1) is 10.8 Å². The average Bonchev–Trinajstić information content (AvgIpc) is 4.13. The Labute approximate surface area is 489 Å². The number of likely N-dealkylation sites (tertiary alicyclic amines) is 1. The fourth-order valence-electron chi connectivity index (χ4n) is 11.9. The van der Waals surface area contributed by atoms with Crippen molar-refractivity contribution in [3.05, 3.63) is 136 Å². The van der Waals surface area contributed by atoms with Gasteiger partial charge in [-0.05, 0) is 153 Å². The maximum atomic E-state index is 14.9. The summed E-state index contributed by atoms with van der Waals surface area (Å²) < 4.78 is 0. The van der Waals surface area contributed by atoms with E-state index >= 15 is 0 Å². The van der Waals surface area contributed by atoms with Crippen molar-refractivity contribution < 1.29 is 38.4 Å². The highest BCUT2D eigenvalue weighted by molar-refractivity contribution is 6.04. The number of aryl methyl sites for hydroxylation is 3. The van der Waals surface area contributed by atoms with E-state index in [4.69, 9.17) is 0 Å². The summed E-state index contributed by atoms with van der Waals surface area (Å²) in [5.74, 6) is -2.66. The molecule has 2 aliphatic carbocycles. The smallest absolute Gasteiger partial charge is 0.255 e. The maximum absolute atomic E-state index is 14.9. The van der Waals surface area contributed by atoms with Crippen molar-refractivity contribution in [1.82, 2.24) is 47.0 Å². The van der Waals surface area contributed by atoms with E-state index in [-0.39, 0.29) is 85.8 Å². The van der Waals surface area contributed by atoms with Crippen LogP contribution in [0.3, 0.4) is 0 Å². The van der Waals surface area contributed by atoms with Crippen LogP contribution in [-0.4, -0.2) is 120 Å². The van der Waals surface area contributed by atoms with Gasteiger partial charge in [-0.2, -0.15) is 0 Å². The van der Waals surface area contributed by atoms with E-state index in [1.165, 1.54) is 16.0 Å². The number of rotatable bonds is 18. The third kappa shape index (κ3) is 14.9. The van der Waals surface area contributed by atoms with Crippen LogP contribution in [0.4, 0.5) is 5.69 Å². The first kappa shape index (κ1) is 61.6. The molecule has 2 heterocycles. The van der Waals surface area contributed by atoms with E-state index in [1.54, 1.807) is 63.2 Å². The molecule has 4 aromatic carbocycles. The molecule has 0 spiro atoms. The number of nitrogens with one attached hydrogen (secondary N) is 8. The Bertz CT molecular complexity index is 3060. The van der Waals surface area contributed by atoms with Crippen LogP contribution in [0.15, 0.2) is 91.0 Å². The molecule has 1 saturated heterocycles. The van der Waals surface area contributed by atoms with Gasteiger partial charge in [0.25, 0.3) is 5.91 Å². The number of nitrogens with zero attached hydrogens (tertiary/aromatic N) is 2. The lowest BCUT2D eigenvalue weighted by Gasteiger charge is -2.42. The van der Waals surface area contributed by atoms with Crippen LogP contribution in [0.2, 0.25) is 0 Å². The summed E-state index contributed by atoms with van der Waals surface area (Å²) in [5, 5.41) is 24.4. The number of carbonyl (C=O) groups excluding carboxylic acids is 8. The van der Waals surface area contributed by atoms with Crippen molar-refractivity contribution in [2.24, 2.45) is 10.8 Å². The highest BCUT2D eigenvalue weighted by Crippen LogP contribution is 2.35. The summed E-state index contributed by atoms with van der Waals surface area (Å²) in [6.07, 6.45) is 6.12. The first-order valence-corrected chi connectivity index (χ1v) is 29.6. The summed E-state index contributed by atoms with van der Waals surface area (Å²) in [7, 11) is 3.34. The van der Waals surface area contributed by atoms with Gasteiger partial charge in [-0.3, -0.25) is 38.4 Å². The molecule has 0 bridgehead atoms. The zero-order valence-corrected chi connectivity index (χ0v) is 50.0. The van der Waals surface area contributed by atoms with Crippen LogP contribution in [-0.2, 0) is 65.8 Å². The first-order valence-electron chi connectivity index (χ1n) is 29.6. The minimum Gasteiger partial charge on any atom is -0.351 e. The molecule has 18 heteroatoms. The molecule has 18 nitrogen and oxygen atoms in total. The molecule has 9 atom stereocenters. The van der Waals surface area contributed by atoms with Gasteiger partial charge < -0.3 is 52.3 Å². The highest BCUT2D eigenvalue weighted by Gasteiger charge is 2.47. The second-order valence-electron chi connectivity index (χ2n) is 25.3. The standard InChI is InChI=1S/C65H86N10O8/c1-38(66-9)57(77)72-55(64(3,4)5)62(82)74-36-45-33-46(31-30-44(45)34-52(74)60(80)70-50-23-15-19-41-17-11-13-21-48(41)50)69-59(79)43-28-25-40(26-29-43)27-32-54(76)68-47-35-53(61(81)71-51-24-16-20-42-18-12-14-22-49(42)51)75(37-47)63(83)56(65(6,7)8)73-58(78)39(2)67-10/h11-14,17-18,21-22,25-26,28-31,33,38-39,47,50-53,55-56,66-67H,15-16,19-20,23-24,27,32,34-37H2,1-10H3,(H,68,76)(H,69,79)(H,70,80)(H,71,81)(H,72,77)(H,73,78)/t38-,39-,47-,50+,51+,52-,53-,55+,56+/m0/s1. The topological polar surface area (TPSA) is 239 Å². The van der Waals surface area contributed by atoms with Gasteiger partial charge >= 0.3 is 0 Å². The van der Waals surface area contributed by atoms with Crippen LogP contribution >= 0.6 is 0 Å². The number of hydrogen-bond acceptors (Lipinski definition) is 10. The van der Waals surface area contributed by atoms with Crippen LogP contribution < -0.4 is 42.5 Å². The molecule has 4 aromatic rings. The van der Waals surface area contributed by atoms with E-state index in [1.807, 2.05) is 90.1 Å². The lowest BCUT2D eigenvalue weighted by molar-refractivity contribution is -0.147. The molecule has 444 valence electrons. The molecule has 0 radical (unpaired) electrons. The number of carbonyl (C=O) groups is 8. The summed E-state index contributed by atoms with van der Waals surface area (Å²) in [5.41, 5.74) is 6.45. The molecule has 8 amide bonds. The molecule has 83 heavy (non-hydrogen) atoms. The molecule has 8 rings (SSSR count). The quantitative estimate of drug-likeness (QED) is 0.0589. The Morgan fingerprint density at radius 3 is 1.64 bits per heavy atom. The summed E-state index contributed by atoms with van der Waals surface area (Å²) in [4.78, 5) is 115. The predicted molar refractivity (Wildman–Crippen MR) is 320 cm³/mol. The Balaban J connectivity index is 0.921. The summed E-state index contributed by atoms with van der Waals surface area (Å²) in [6.45, 7) is 14.8. The van der Waals surface area contributed by atoms with Crippen LogP contribution in [0.1, 0.15) is 155 Å². The van der Waals surface area contributed by atoms with Gasteiger partial charge in [0, 0.05) is 43.2 Å².